The Labute approximate surface area is 172 Å². The first-order chi connectivity index (χ1) is 13.9. The lowest BCUT2D eigenvalue weighted by atomic mass is 10.1. The van der Waals surface area contributed by atoms with Crippen molar-refractivity contribution in [3.05, 3.63) is 77.9 Å². The van der Waals surface area contributed by atoms with Gasteiger partial charge in [0.25, 0.3) is 11.8 Å². The van der Waals surface area contributed by atoms with E-state index in [-0.39, 0.29) is 16.2 Å². The summed E-state index contributed by atoms with van der Waals surface area (Å²) < 4.78 is 9.96. The fraction of sp³-hybridized carbons (Fsp3) is 0.100. The lowest BCUT2D eigenvalue weighted by Gasteiger charge is -2.11. The number of ether oxygens (including phenoxy) is 2. The molecule has 0 aliphatic rings. The van der Waals surface area contributed by atoms with Gasteiger partial charge in [-0.1, -0.05) is 18.7 Å². The van der Waals surface area contributed by atoms with Gasteiger partial charge in [0.15, 0.2) is 5.11 Å². The molecule has 2 rings (SSSR count). The summed E-state index contributed by atoms with van der Waals surface area (Å²) in [7, 11) is 1.25. The zero-order valence-corrected chi connectivity index (χ0v) is 16.4. The highest BCUT2D eigenvalue weighted by atomic mass is 32.1. The number of methoxy groups -OCH3 is 1. The van der Waals surface area contributed by atoms with Crippen molar-refractivity contribution in [2.45, 2.75) is 0 Å². The van der Waals surface area contributed by atoms with Crippen LogP contribution in [0.15, 0.2) is 61.2 Å². The Balaban J connectivity index is 1.87. The van der Waals surface area contributed by atoms with Crippen LogP contribution in [0.3, 0.4) is 0 Å². The maximum absolute atomic E-state index is 12.2. The van der Waals surface area contributed by atoms with Crippen LogP contribution in [0.25, 0.3) is 0 Å². The summed E-state index contributed by atoms with van der Waals surface area (Å²) in [6.45, 7) is 3.92. The van der Waals surface area contributed by atoms with E-state index < -0.39 is 17.8 Å². The topological polar surface area (TPSA) is 106 Å². The van der Waals surface area contributed by atoms with E-state index in [2.05, 4.69) is 27.5 Å². The molecule has 0 bridgehead atoms. The van der Waals surface area contributed by atoms with Crippen LogP contribution in [0, 0.1) is 0 Å². The van der Waals surface area contributed by atoms with E-state index in [0.29, 0.717) is 17.9 Å². The average Bonchev–Trinajstić information content (AvgIpc) is 2.75. The summed E-state index contributed by atoms with van der Waals surface area (Å²) >= 11 is 5.00. The molecule has 0 atom stereocenters. The summed E-state index contributed by atoms with van der Waals surface area (Å²) in [6.07, 6.45) is 1.62. The number of hydrogen-bond acceptors (Lipinski definition) is 6. The lowest BCUT2D eigenvalue weighted by Crippen LogP contribution is -2.48. The van der Waals surface area contributed by atoms with E-state index in [1.54, 1.807) is 36.4 Å². The highest BCUT2D eigenvalue weighted by Gasteiger charge is 2.12. The molecule has 0 aliphatic heterocycles. The van der Waals surface area contributed by atoms with Crippen molar-refractivity contribution >= 4 is 35.1 Å². The summed E-state index contributed by atoms with van der Waals surface area (Å²) in [5.74, 6) is -0.962. The second kappa shape index (κ2) is 10.6. The second-order valence-corrected chi connectivity index (χ2v) is 5.97. The van der Waals surface area contributed by atoms with E-state index in [9.17, 15) is 14.4 Å². The van der Waals surface area contributed by atoms with Crippen LogP contribution in [0.1, 0.15) is 31.1 Å². The minimum Gasteiger partial charge on any atom is -0.490 e. The fourth-order valence-corrected chi connectivity index (χ4v) is 2.30. The molecule has 0 fully saturated rings. The predicted molar refractivity (Wildman–Crippen MR) is 111 cm³/mol. The monoisotopic (exact) mass is 413 g/mol. The number of amides is 2. The Morgan fingerprint density at radius 3 is 2.34 bits per heavy atom. The van der Waals surface area contributed by atoms with Gasteiger partial charge in [0.05, 0.1) is 12.7 Å². The number of hydrazine groups is 1. The number of carbonyl (C=O) groups excluding carboxylic acids is 3. The summed E-state index contributed by atoms with van der Waals surface area (Å²) in [4.78, 5) is 35.9. The van der Waals surface area contributed by atoms with Crippen LogP contribution >= 0.6 is 12.2 Å². The largest absolute Gasteiger partial charge is 0.490 e. The van der Waals surface area contributed by atoms with E-state index in [1.807, 2.05) is 0 Å². The molecule has 0 saturated carbocycles. The number of carbonyl (C=O) groups is 3. The Kier molecular flexibility index (Phi) is 7.87. The van der Waals surface area contributed by atoms with Crippen molar-refractivity contribution in [1.29, 1.82) is 0 Å². The van der Waals surface area contributed by atoms with Crippen LogP contribution in [0.5, 0.6) is 5.75 Å². The number of rotatable bonds is 6. The number of thiocarbonyl (C=S) groups is 1. The van der Waals surface area contributed by atoms with Crippen LogP contribution in [-0.2, 0) is 4.74 Å². The van der Waals surface area contributed by atoms with Gasteiger partial charge >= 0.3 is 5.97 Å². The van der Waals surface area contributed by atoms with Crippen LogP contribution in [0.2, 0.25) is 0 Å². The standard InChI is InChI=1S/C20H19N3O5S/c1-3-11-28-16-9-7-13(8-10-16)18(25)22-23-20(29)21-17(24)14-5-4-6-15(12-14)19(26)27-2/h3-10,12H,1,11H2,2H3,(H,22,25)(H2,21,23,24,29). The van der Waals surface area contributed by atoms with E-state index in [0.717, 1.165) is 0 Å². The quantitative estimate of drug-likeness (QED) is 0.288. The fourth-order valence-electron chi connectivity index (χ4n) is 2.16. The molecular weight excluding hydrogens is 394 g/mol. The van der Waals surface area contributed by atoms with Crippen molar-refractivity contribution in [2.24, 2.45) is 0 Å². The van der Waals surface area contributed by atoms with Crippen molar-refractivity contribution in [3.8, 4) is 5.75 Å². The molecule has 3 N–H and O–H groups in total. The summed E-state index contributed by atoms with van der Waals surface area (Å²) in [5.41, 5.74) is 5.62. The molecule has 0 aliphatic carbocycles. The SMILES string of the molecule is C=CCOc1ccc(C(=O)NNC(=S)NC(=O)c2cccc(C(=O)OC)c2)cc1. The molecule has 9 heteroatoms. The second-order valence-electron chi connectivity index (χ2n) is 5.56. The molecule has 2 aromatic carbocycles. The smallest absolute Gasteiger partial charge is 0.337 e. The Bertz CT molecular complexity index is 928. The zero-order chi connectivity index (χ0) is 21.2. The molecule has 0 aromatic heterocycles. The molecule has 0 heterocycles. The Morgan fingerprint density at radius 1 is 1.00 bits per heavy atom. The first kappa shape index (κ1) is 21.6. The maximum atomic E-state index is 12.2. The average molecular weight is 413 g/mol. The molecular formula is C20H19N3O5S. The van der Waals surface area contributed by atoms with Gasteiger partial charge in [-0.2, -0.15) is 0 Å². The van der Waals surface area contributed by atoms with Gasteiger partial charge in [0.1, 0.15) is 12.4 Å². The van der Waals surface area contributed by atoms with E-state index >= 15 is 0 Å². The van der Waals surface area contributed by atoms with Crippen LogP contribution < -0.4 is 20.9 Å². The first-order valence-electron chi connectivity index (χ1n) is 8.38. The Hall–Kier alpha value is -3.72. The molecule has 29 heavy (non-hydrogen) atoms. The molecule has 2 aromatic rings. The molecule has 8 nitrogen and oxygen atoms in total. The molecule has 0 saturated heterocycles. The lowest BCUT2D eigenvalue weighted by molar-refractivity contribution is 0.0600. The van der Waals surface area contributed by atoms with Gasteiger partial charge in [-0.3, -0.25) is 25.8 Å². The highest BCUT2D eigenvalue weighted by Crippen LogP contribution is 2.12. The normalized spacial score (nSPS) is 9.69. The zero-order valence-electron chi connectivity index (χ0n) is 15.6. The van der Waals surface area contributed by atoms with Crippen LogP contribution in [0.4, 0.5) is 0 Å². The van der Waals surface area contributed by atoms with Crippen molar-refractivity contribution in [3.63, 3.8) is 0 Å². The first-order valence-corrected chi connectivity index (χ1v) is 8.79. The number of nitrogens with one attached hydrogen (secondary N) is 3. The Morgan fingerprint density at radius 2 is 1.69 bits per heavy atom. The van der Waals surface area contributed by atoms with Crippen LogP contribution in [-0.4, -0.2) is 36.6 Å². The minimum absolute atomic E-state index is 0.113. The minimum atomic E-state index is -0.562. The molecule has 2 amide bonds. The predicted octanol–water partition coefficient (Wildman–Crippen LogP) is 1.99. The molecule has 0 unspecified atom stereocenters. The van der Waals surface area contributed by atoms with Crippen molar-refractivity contribution < 1.29 is 23.9 Å². The summed E-state index contributed by atoms with van der Waals surface area (Å²) in [6, 6.07) is 12.4. The summed E-state index contributed by atoms with van der Waals surface area (Å²) in [5, 5.41) is 2.29. The number of benzene rings is 2. The van der Waals surface area contributed by atoms with Crippen molar-refractivity contribution in [2.75, 3.05) is 13.7 Å². The van der Waals surface area contributed by atoms with Gasteiger partial charge in [-0.05, 0) is 54.7 Å². The highest BCUT2D eigenvalue weighted by molar-refractivity contribution is 7.80. The number of hydrogen-bond donors (Lipinski definition) is 3. The maximum Gasteiger partial charge on any atom is 0.337 e. The van der Waals surface area contributed by atoms with E-state index in [1.165, 1.54) is 25.3 Å². The van der Waals surface area contributed by atoms with Gasteiger partial charge in [-0.15, -0.1) is 0 Å². The third-order valence-corrected chi connectivity index (χ3v) is 3.75. The van der Waals surface area contributed by atoms with Crippen molar-refractivity contribution in [1.82, 2.24) is 16.2 Å². The van der Waals surface area contributed by atoms with E-state index in [4.69, 9.17) is 17.0 Å². The third-order valence-electron chi connectivity index (χ3n) is 3.55. The number of esters is 1. The van der Waals surface area contributed by atoms with Gasteiger partial charge in [0, 0.05) is 11.1 Å². The molecule has 0 radical (unpaired) electrons. The molecule has 0 spiro atoms. The van der Waals surface area contributed by atoms with Gasteiger partial charge in [-0.25, -0.2) is 4.79 Å². The van der Waals surface area contributed by atoms with Gasteiger partial charge in [0.2, 0.25) is 0 Å². The van der Waals surface area contributed by atoms with Gasteiger partial charge < -0.3 is 9.47 Å². The molecule has 150 valence electrons. The third kappa shape index (κ3) is 6.43.